The number of carbonyl (C=O) groups excluding carboxylic acids is 1. The molecule has 0 saturated carbocycles. The number of amides is 1. The van der Waals surface area contributed by atoms with Gasteiger partial charge < -0.3 is 5.32 Å². The topological polar surface area (TPSA) is 52.9 Å². The first-order valence-electron chi connectivity index (χ1n) is 6.41. The number of nitriles is 1. The number of hydrogen-bond donors (Lipinski definition) is 1. The first-order valence-corrected chi connectivity index (χ1v) is 9.63. The fourth-order valence-electron chi connectivity index (χ4n) is 2.40. The molecule has 3 nitrogen and oxygen atoms in total. The zero-order valence-electron chi connectivity index (χ0n) is 10.8. The van der Waals surface area contributed by atoms with E-state index in [-0.39, 0.29) is 5.91 Å². The molecule has 7 heteroatoms. The number of hydrogen-bond acceptors (Lipinski definition) is 4. The van der Waals surface area contributed by atoms with Crippen molar-refractivity contribution in [3.05, 3.63) is 35.2 Å². The Hall–Kier alpha value is -0.680. The second-order valence-corrected chi connectivity index (χ2v) is 9.04. The minimum Gasteiger partial charge on any atom is -0.312 e. The van der Waals surface area contributed by atoms with Crippen molar-refractivity contribution in [1.82, 2.24) is 0 Å². The van der Waals surface area contributed by atoms with E-state index in [0.717, 1.165) is 39.5 Å². The van der Waals surface area contributed by atoms with Crippen molar-refractivity contribution in [3.8, 4) is 6.07 Å². The summed E-state index contributed by atoms with van der Waals surface area (Å²) in [4.78, 5) is 14.2. The Morgan fingerprint density at radius 3 is 2.71 bits per heavy atom. The summed E-state index contributed by atoms with van der Waals surface area (Å²) < 4.78 is 1.75. The van der Waals surface area contributed by atoms with Gasteiger partial charge in [0.2, 0.25) is 0 Å². The summed E-state index contributed by atoms with van der Waals surface area (Å²) in [5.74, 6) is -0.165. The Morgan fingerprint density at radius 2 is 2.05 bits per heavy atom. The maximum Gasteiger partial charge on any atom is 0.266 e. The molecule has 2 aromatic heterocycles. The van der Waals surface area contributed by atoms with E-state index in [1.165, 1.54) is 16.2 Å². The molecule has 0 atom stereocenters. The first kappa shape index (κ1) is 15.2. The average Bonchev–Trinajstić information content (AvgIpc) is 2.99. The fraction of sp³-hybridized carbons (Fsp3) is 0.286. The Balaban J connectivity index is 1.90. The van der Waals surface area contributed by atoms with Crippen molar-refractivity contribution >= 4 is 65.4 Å². The highest BCUT2D eigenvalue weighted by Gasteiger charge is 2.22. The van der Waals surface area contributed by atoms with E-state index >= 15 is 0 Å². The van der Waals surface area contributed by atoms with Gasteiger partial charge in [-0.25, -0.2) is 0 Å². The molecule has 1 aliphatic rings. The van der Waals surface area contributed by atoms with Gasteiger partial charge in [-0.3, -0.25) is 4.79 Å². The number of fused-ring (bicyclic) bond motifs is 1. The van der Waals surface area contributed by atoms with Crippen LogP contribution in [0.2, 0.25) is 0 Å². The molecule has 21 heavy (non-hydrogen) atoms. The quantitative estimate of drug-likeness (QED) is 0.678. The molecule has 0 saturated heterocycles. The van der Waals surface area contributed by atoms with Crippen molar-refractivity contribution < 1.29 is 4.79 Å². The average molecular weight is 446 g/mol. The van der Waals surface area contributed by atoms with E-state index in [0.29, 0.717) is 15.4 Å². The van der Waals surface area contributed by atoms with E-state index in [1.807, 2.05) is 0 Å². The second-order valence-electron chi connectivity index (χ2n) is 4.71. The van der Waals surface area contributed by atoms with E-state index in [9.17, 15) is 10.1 Å². The van der Waals surface area contributed by atoms with Gasteiger partial charge in [0.05, 0.1) is 14.2 Å². The molecule has 2 aromatic rings. The molecule has 2 heterocycles. The maximum atomic E-state index is 12.3. The molecule has 0 radical (unpaired) electrons. The summed E-state index contributed by atoms with van der Waals surface area (Å²) >= 11 is 9.68. The number of halogens is 2. The minimum absolute atomic E-state index is 0.165. The van der Waals surface area contributed by atoms with Crippen LogP contribution in [-0.4, -0.2) is 5.91 Å². The van der Waals surface area contributed by atoms with Crippen LogP contribution < -0.4 is 5.32 Å². The van der Waals surface area contributed by atoms with Gasteiger partial charge in [-0.2, -0.15) is 5.26 Å². The Kier molecular flexibility index (Phi) is 4.50. The van der Waals surface area contributed by atoms with Gasteiger partial charge in [0, 0.05) is 9.35 Å². The third-order valence-electron chi connectivity index (χ3n) is 3.38. The summed E-state index contributed by atoms with van der Waals surface area (Å²) in [7, 11) is 0. The SMILES string of the molecule is N#Cc1c(NC(=O)c2cc(Br)c(Br)s2)sc2c1CCCC2. The van der Waals surface area contributed by atoms with E-state index in [1.54, 1.807) is 17.4 Å². The number of nitrogens with zero attached hydrogens (tertiary/aromatic N) is 1. The molecule has 0 spiro atoms. The number of aryl methyl sites for hydroxylation is 1. The Bertz CT molecular complexity index is 738. The van der Waals surface area contributed by atoms with Gasteiger partial charge in [0.15, 0.2) is 0 Å². The van der Waals surface area contributed by atoms with E-state index in [4.69, 9.17) is 0 Å². The molecule has 3 rings (SSSR count). The molecule has 0 unspecified atom stereocenters. The van der Waals surface area contributed by atoms with Crippen LogP contribution in [0.1, 0.15) is 38.5 Å². The van der Waals surface area contributed by atoms with Crippen LogP contribution in [0.3, 0.4) is 0 Å². The standard InChI is InChI=1S/C14H10Br2N2OS2/c15-9-5-11(20-12(9)16)13(19)18-14-8(6-17)7-3-1-2-4-10(7)21-14/h5H,1-4H2,(H,18,19). The van der Waals surface area contributed by atoms with Gasteiger partial charge >= 0.3 is 0 Å². The van der Waals surface area contributed by atoms with Gasteiger partial charge in [0.1, 0.15) is 11.1 Å². The Labute approximate surface area is 147 Å². The lowest BCUT2D eigenvalue weighted by Gasteiger charge is -2.09. The van der Waals surface area contributed by atoms with Crippen LogP contribution in [0.15, 0.2) is 14.3 Å². The molecular formula is C14H10Br2N2OS2. The van der Waals surface area contributed by atoms with Gasteiger partial charge in [-0.15, -0.1) is 22.7 Å². The van der Waals surface area contributed by atoms with Crippen LogP contribution >= 0.6 is 54.5 Å². The molecule has 108 valence electrons. The van der Waals surface area contributed by atoms with E-state index < -0.39 is 0 Å². The molecule has 0 fully saturated rings. The number of carbonyl (C=O) groups is 1. The van der Waals surface area contributed by atoms with Crippen LogP contribution in [0.25, 0.3) is 0 Å². The lowest BCUT2D eigenvalue weighted by molar-refractivity contribution is 0.103. The van der Waals surface area contributed by atoms with Crippen molar-refractivity contribution in [2.75, 3.05) is 5.32 Å². The second kappa shape index (κ2) is 6.21. The third-order valence-corrected chi connectivity index (χ3v) is 7.84. The summed E-state index contributed by atoms with van der Waals surface area (Å²) in [6.45, 7) is 0. The molecule has 0 bridgehead atoms. The zero-order chi connectivity index (χ0) is 15.0. The van der Waals surface area contributed by atoms with Crippen LogP contribution in [0.5, 0.6) is 0 Å². The molecule has 0 aromatic carbocycles. The first-order chi connectivity index (χ1) is 10.1. The summed E-state index contributed by atoms with van der Waals surface area (Å²) in [5, 5.41) is 13.0. The lowest BCUT2D eigenvalue weighted by Crippen LogP contribution is -2.10. The number of thiophene rings is 2. The van der Waals surface area contributed by atoms with Crippen molar-refractivity contribution in [3.63, 3.8) is 0 Å². The lowest BCUT2D eigenvalue weighted by atomic mass is 9.96. The smallest absolute Gasteiger partial charge is 0.266 e. The van der Waals surface area contributed by atoms with Crippen molar-refractivity contribution in [1.29, 1.82) is 5.26 Å². The largest absolute Gasteiger partial charge is 0.312 e. The van der Waals surface area contributed by atoms with Crippen LogP contribution in [0, 0.1) is 11.3 Å². The number of nitrogens with one attached hydrogen (secondary N) is 1. The molecular weight excluding hydrogens is 436 g/mol. The van der Waals surface area contributed by atoms with E-state index in [2.05, 4.69) is 43.2 Å². The van der Waals surface area contributed by atoms with Crippen molar-refractivity contribution in [2.45, 2.75) is 25.7 Å². The monoisotopic (exact) mass is 444 g/mol. The van der Waals surface area contributed by atoms with Gasteiger partial charge in [0.25, 0.3) is 5.91 Å². The summed E-state index contributed by atoms with van der Waals surface area (Å²) in [6, 6.07) is 4.04. The molecule has 1 aliphatic carbocycles. The van der Waals surface area contributed by atoms with Crippen LogP contribution in [-0.2, 0) is 12.8 Å². The number of rotatable bonds is 2. The number of anilines is 1. The molecule has 0 aliphatic heterocycles. The molecule has 1 N–H and O–H groups in total. The zero-order valence-corrected chi connectivity index (χ0v) is 15.6. The Morgan fingerprint density at radius 1 is 1.29 bits per heavy atom. The predicted octanol–water partition coefficient (Wildman–Crippen LogP) is 5.34. The summed E-state index contributed by atoms with van der Waals surface area (Å²) in [6.07, 6.45) is 4.24. The highest BCUT2D eigenvalue weighted by Crippen LogP contribution is 2.38. The minimum atomic E-state index is -0.165. The third kappa shape index (κ3) is 2.95. The highest BCUT2D eigenvalue weighted by atomic mass is 79.9. The normalized spacial score (nSPS) is 13.6. The van der Waals surface area contributed by atoms with Gasteiger partial charge in [-0.1, -0.05) is 0 Å². The predicted molar refractivity (Wildman–Crippen MR) is 93.3 cm³/mol. The highest BCUT2D eigenvalue weighted by molar-refractivity contribution is 9.13. The maximum absolute atomic E-state index is 12.3. The molecule has 1 amide bonds. The van der Waals surface area contributed by atoms with Gasteiger partial charge in [-0.05, 0) is 69.2 Å². The van der Waals surface area contributed by atoms with Crippen molar-refractivity contribution in [2.24, 2.45) is 0 Å². The fourth-order valence-corrected chi connectivity index (χ4v) is 5.56. The summed E-state index contributed by atoms with van der Waals surface area (Å²) in [5.41, 5.74) is 1.79. The van der Waals surface area contributed by atoms with Crippen LogP contribution in [0.4, 0.5) is 5.00 Å².